The minimum atomic E-state index is 0.673. The van der Waals surface area contributed by atoms with Gasteiger partial charge in [-0.1, -0.05) is 6.92 Å². The summed E-state index contributed by atoms with van der Waals surface area (Å²) in [5.41, 5.74) is 1.09. The average molecular weight is 348 g/mol. The Labute approximate surface area is 113 Å². The number of nitrogens with one attached hydrogen (secondary N) is 1. The normalized spacial score (nSPS) is 24.9. The first-order valence-corrected chi connectivity index (χ1v) is 7.27. The molecule has 1 aromatic heterocycles. The van der Waals surface area contributed by atoms with Crippen molar-refractivity contribution in [3.8, 4) is 0 Å². The van der Waals surface area contributed by atoms with Crippen LogP contribution >= 0.6 is 31.9 Å². The lowest BCUT2D eigenvalue weighted by Crippen LogP contribution is -2.26. The third kappa shape index (κ3) is 3.28. The molecule has 0 aliphatic heterocycles. The van der Waals surface area contributed by atoms with Gasteiger partial charge in [-0.25, -0.2) is 0 Å². The Morgan fingerprint density at radius 2 is 2.25 bits per heavy atom. The fourth-order valence-corrected chi connectivity index (χ4v) is 3.33. The second-order valence-electron chi connectivity index (χ2n) is 4.58. The SMILES string of the molecule is CC1CCC(NCc2ncc(Br)cc2Br)C1. The molecular formula is C12H16Br2N2. The molecule has 0 saturated heterocycles. The fraction of sp³-hybridized carbons (Fsp3) is 0.583. The second-order valence-corrected chi connectivity index (χ2v) is 6.35. The van der Waals surface area contributed by atoms with E-state index in [9.17, 15) is 0 Å². The average Bonchev–Trinajstić information content (AvgIpc) is 2.63. The lowest BCUT2D eigenvalue weighted by Gasteiger charge is -2.12. The van der Waals surface area contributed by atoms with Gasteiger partial charge in [0.05, 0.1) is 5.69 Å². The van der Waals surface area contributed by atoms with Crippen LogP contribution in [0.3, 0.4) is 0 Å². The maximum absolute atomic E-state index is 4.40. The summed E-state index contributed by atoms with van der Waals surface area (Å²) in [7, 11) is 0. The minimum Gasteiger partial charge on any atom is -0.308 e. The maximum Gasteiger partial charge on any atom is 0.0684 e. The van der Waals surface area contributed by atoms with E-state index in [1.807, 2.05) is 12.3 Å². The highest BCUT2D eigenvalue weighted by atomic mass is 79.9. The van der Waals surface area contributed by atoms with Gasteiger partial charge in [-0.15, -0.1) is 0 Å². The molecular weight excluding hydrogens is 332 g/mol. The first kappa shape index (κ1) is 12.5. The number of hydrogen-bond acceptors (Lipinski definition) is 2. The van der Waals surface area contributed by atoms with Gasteiger partial charge in [-0.05, 0) is 63.1 Å². The molecule has 1 aliphatic rings. The predicted molar refractivity (Wildman–Crippen MR) is 73.3 cm³/mol. The molecule has 0 radical (unpaired) electrons. The zero-order valence-electron chi connectivity index (χ0n) is 9.34. The Morgan fingerprint density at radius 1 is 1.44 bits per heavy atom. The van der Waals surface area contributed by atoms with Crippen LogP contribution < -0.4 is 5.32 Å². The van der Waals surface area contributed by atoms with Crippen LogP contribution in [0.2, 0.25) is 0 Å². The Morgan fingerprint density at radius 3 is 2.88 bits per heavy atom. The summed E-state index contributed by atoms with van der Waals surface area (Å²) in [6.45, 7) is 3.18. The van der Waals surface area contributed by atoms with Crippen LogP contribution in [0.4, 0.5) is 0 Å². The molecule has 1 fully saturated rings. The van der Waals surface area contributed by atoms with Gasteiger partial charge in [0.2, 0.25) is 0 Å². The quantitative estimate of drug-likeness (QED) is 0.897. The van der Waals surface area contributed by atoms with Gasteiger partial charge in [0.15, 0.2) is 0 Å². The van der Waals surface area contributed by atoms with E-state index in [4.69, 9.17) is 0 Å². The summed E-state index contributed by atoms with van der Waals surface area (Å²) >= 11 is 6.94. The number of rotatable bonds is 3. The second kappa shape index (κ2) is 5.61. The van der Waals surface area contributed by atoms with Crippen molar-refractivity contribution in [3.63, 3.8) is 0 Å². The summed E-state index contributed by atoms with van der Waals surface area (Å²) in [6, 6.07) is 2.72. The maximum atomic E-state index is 4.40. The van der Waals surface area contributed by atoms with Crippen LogP contribution in [-0.2, 0) is 6.54 Å². The van der Waals surface area contributed by atoms with Crippen LogP contribution in [-0.4, -0.2) is 11.0 Å². The molecule has 4 heteroatoms. The van der Waals surface area contributed by atoms with Gasteiger partial charge in [-0.3, -0.25) is 4.98 Å². The smallest absolute Gasteiger partial charge is 0.0684 e. The highest BCUT2D eigenvalue weighted by Crippen LogP contribution is 2.25. The van der Waals surface area contributed by atoms with Gasteiger partial charge >= 0.3 is 0 Å². The van der Waals surface area contributed by atoms with E-state index >= 15 is 0 Å². The number of aromatic nitrogens is 1. The molecule has 1 aromatic rings. The van der Waals surface area contributed by atoms with Gasteiger partial charge in [0.25, 0.3) is 0 Å². The molecule has 2 rings (SSSR count). The molecule has 0 aromatic carbocycles. The molecule has 0 bridgehead atoms. The van der Waals surface area contributed by atoms with Crippen LogP contribution in [0, 0.1) is 5.92 Å². The lowest BCUT2D eigenvalue weighted by molar-refractivity contribution is 0.498. The molecule has 16 heavy (non-hydrogen) atoms. The lowest BCUT2D eigenvalue weighted by atomic mass is 10.1. The molecule has 1 N–H and O–H groups in total. The van der Waals surface area contributed by atoms with E-state index in [-0.39, 0.29) is 0 Å². The highest BCUT2D eigenvalue weighted by molar-refractivity contribution is 9.11. The van der Waals surface area contributed by atoms with Gasteiger partial charge in [0, 0.05) is 27.7 Å². The summed E-state index contributed by atoms with van der Waals surface area (Å²) in [5.74, 6) is 0.874. The van der Waals surface area contributed by atoms with Crippen molar-refractivity contribution >= 4 is 31.9 Å². The standard InChI is InChI=1S/C12H16Br2N2/c1-8-2-3-10(4-8)15-7-12-11(14)5-9(13)6-16-12/h5-6,8,10,15H,2-4,7H2,1H3. The van der Waals surface area contributed by atoms with Crippen molar-refractivity contribution in [2.75, 3.05) is 0 Å². The van der Waals surface area contributed by atoms with E-state index in [2.05, 4.69) is 49.1 Å². The predicted octanol–water partition coefficient (Wildman–Crippen LogP) is 3.88. The van der Waals surface area contributed by atoms with Gasteiger partial charge < -0.3 is 5.32 Å². The molecule has 88 valence electrons. The van der Waals surface area contributed by atoms with E-state index in [0.29, 0.717) is 6.04 Å². The molecule has 2 atom stereocenters. The van der Waals surface area contributed by atoms with Gasteiger partial charge in [0.1, 0.15) is 0 Å². The summed E-state index contributed by atoms with van der Waals surface area (Å²) in [5, 5.41) is 3.58. The molecule has 2 nitrogen and oxygen atoms in total. The Bertz CT molecular complexity index is 368. The molecule has 0 spiro atoms. The minimum absolute atomic E-state index is 0.673. The number of nitrogens with zero attached hydrogens (tertiary/aromatic N) is 1. The van der Waals surface area contributed by atoms with E-state index in [1.165, 1.54) is 19.3 Å². The third-order valence-electron chi connectivity index (χ3n) is 3.14. The summed E-state index contributed by atoms with van der Waals surface area (Å²) < 4.78 is 2.08. The van der Waals surface area contributed by atoms with E-state index in [0.717, 1.165) is 27.1 Å². The van der Waals surface area contributed by atoms with Crippen LogP contribution in [0.15, 0.2) is 21.2 Å². The Balaban J connectivity index is 1.89. The zero-order valence-corrected chi connectivity index (χ0v) is 12.5. The van der Waals surface area contributed by atoms with Gasteiger partial charge in [-0.2, -0.15) is 0 Å². The zero-order chi connectivity index (χ0) is 11.5. The van der Waals surface area contributed by atoms with Crippen molar-refractivity contribution in [2.24, 2.45) is 5.92 Å². The monoisotopic (exact) mass is 346 g/mol. The third-order valence-corrected chi connectivity index (χ3v) is 4.26. The topological polar surface area (TPSA) is 24.9 Å². The van der Waals surface area contributed by atoms with Crippen molar-refractivity contribution in [1.82, 2.24) is 10.3 Å². The molecule has 0 amide bonds. The summed E-state index contributed by atoms with van der Waals surface area (Å²) in [4.78, 5) is 4.40. The first-order valence-electron chi connectivity index (χ1n) is 5.68. The Hall–Kier alpha value is 0.0700. The Kier molecular flexibility index (Phi) is 4.39. The van der Waals surface area contributed by atoms with Crippen molar-refractivity contribution in [1.29, 1.82) is 0 Å². The van der Waals surface area contributed by atoms with Crippen molar-refractivity contribution in [2.45, 2.75) is 38.8 Å². The molecule has 2 unspecified atom stereocenters. The van der Waals surface area contributed by atoms with E-state index < -0.39 is 0 Å². The molecule has 1 heterocycles. The van der Waals surface area contributed by atoms with Crippen LogP contribution in [0.5, 0.6) is 0 Å². The molecule has 1 aliphatic carbocycles. The van der Waals surface area contributed by atoms with E-state index in [1.54, 1.807) is 0 Å². The fourth-order valence-electron chi connectivity index (χ4n) is 2.21. The highest BCUT2D eigenvalue weighted by Gasteiger charge is 2.20. The summed E-state index contributed by atoms with van der Waals surface area (Å²) in [6.07, 6.45) is 5.80. The number of hydrogen-bond donors (Lipinski definition) is 1. The number of halogens is 2. The van der Waals surface area contributed by atoms with Crippen molar-refractivity contribution < 1.29 is 0 Å². The molecule has 1 saturated carbocycles. The van der Waals surface area contributed by atoms with Crippen molar-refractivity contribution in [3.05, 3.63) is 26.9 Å². The largest absolute Gasteiger partial charge is 0.308 e. The van der Waals surface area contributed by atoms with Crippen LogP contribution in [0.1, 0.15) is 31.9 Å². The van der Waals surface area contributed by atoms with Crippen LogP contribution in [0.25, 0.3) is 0 Å². The first-order chi connectivity index (χ1) is 7.65. The number of pyridine rings is 1.